The number of nitrogens with one attached hydrogen (secondary N) is 1. The van der Waals surface area contributed by atoms with E-state index in [9.17, 15) is 8.42 Å². The number of hydrogen-bond donors (Lipinski definition) is 1. The predicted molar refractivity (Wildman–Crippen MR) is 29.3 cm³/mol. The first-order chi connectivity index (χ1) is 3.62. The molecule has 5 heteroatoms. The fourth-order valence-electron chi connectivity index (χ4n) is 0.150. The van der Waals surface area contributed by atoms with E-state index in [2.05, 4.69) is 10.8 Å². The molecule has 0 spiro atoms. The summed E-state index contributed by atoms with van der Waals surface area (Å²) in [7, 11) is -2.48. The zero-order chi connectivity index (χ0) is 6.62. The van der Waals surface area contributed by atoms with Gasteiger partial charge in [-0.15, -0.1) is 0 Å². The SMILES string of the molecule is C=CNS(=O)(=O)OC. The van der Waals surface area contributed by atoms with Crippen LogP contribution in [-0.4, -0.2) is 15.5 Å². The first-order valence-electron chi connectivity index (χ1n) is 1.81. The quantitative estimate of drug-likeness (QED) is 0.576. The Hall–Kier alpha value is -0.550. The van der Waals surface area contributed by atoms with Crippen molar-refractivity contribution < 1.29 is 12.6 Å². The Morgan fingerprint density at radius 1 is 1.75 bits per heavy atom. The van der Waals surface area contributed by atoms with Crippen LogP contribution in [0.15, 0.2) is 12.8 Å². The monoisotopic (exact) mass is 137 g/mol. The van der Waals surface area contributed by atoms with E-state index in [0.29, 0.717) is 0 Å². The van der Waals surface area contributed by atoms with Crippen molar-refractivity contribution in [3.05, 3.63) is 12.8 Å². The predicted octanol–water partition coefficient (Wildman–Crippen LogP) is -0.389. The summed E-state index contributed by atoms with van der Waals surface area (Å²) in [6, 6.07) is 0. The third kappa shape index (κ3) is 2.59. The molecule has 0 aromatic heterocycles. The second-order valence-corrected chi connectivity index (χ2v) is 2.42. The average molecular weight is 137 g/mol. The topological polar surface area (TPSA) is 55.4 Å². The summed E-state index contributed by atoms with van der Waals surface area (Å²) in [5.74, 6) is 0. The maximum atomic E-state index is 10.2. The van der Waals surface area contributed by atoms with Crippen molar-refractivity contribution in [1.29, 1.82) is 0 Å². The molecule has 0 fully saturated rings. The first-order valence-corrected chi connectivity index (χ1v) is 3.22. The fraction of sp³-hybridized carbons (Fsp3) is 0.333. The Morgan fingerprint density at radius 2 is 2.25 bits per heavy atom. The molecule has 0 atom stereocenters. The first kappa shape index (κ1) is 7.45. The minimum atomic E-state index is -3.54. The van der Waals surface area contributed by atoms with E-state index >= 15 is 0 Å². The fourth-order valence-corrected chi connectivity index (χ4v) is 0.451. The summed E-state index contributed by atoms with van der Waals surface area (Å²) in [6.07, 6.45) is 1.03. The van der Waals surface area contributed by atoms with Crippen LogP contribution in [0.4, 0.5) is 0 Å². The van der Waals surface area contributed by atoms with Crippen molar-refractivity contribution in [2.24, 2.45) is 0 Å². The van der Waals surface area contributed by atoms with Gasteiger partial charge >= 0.3 is 10.3 Å². The maximum Gasteiger partial charge on any atom is 0.359 e. The molecule has 0 aliphatic carbocycles. The van der Waals surface area contributed by atoms with E-state index in [0.717, 1.165) is 13.3 Å². The molecule has 0 heterocycles. The molecular weight excluding hydrogens is 130 g/mol. The highest BCUT2D eigenvalue weighted by Gasteiger charge is 1.99. The van der Waals surface area contributed by atoms with Crippen molar-refractivity contribution >= 4 is 10.3 Å². The number of rotatable bonds is 3. The van der Waals surface area contributed by atoms with Crippen LogP contribution in [0.2, 0.25) is 0 Å². The third-order valence-corrected chi connectivity index (χ3v) is 1.34. The highest BCUT2D eigenvalue weighted by Crippen LogP contribution is 1.79. The average Bonchev–Trinajstić information content (AvgIpc) is 1.67. The van der Waals surface area contributed by atoms with Crippen molar-refractivity contribution in [3.63, 3.8) is 0 Å². The van der Waals surface area contributed by atoms with Gasteiger partial charge in [-0.2, -0.15) is 8.42 Å². The minimum Gasteiger partial charge on any atom is -0.268 e. The molecule has 0 radical (unpaired) electrons. The van der Waals surface area contributed by atoms with Gasteiger partial charge in [0, 0.05) is 6.20 Å². The van der Waals surface area contributed by atoms with E-state index in [-0.39, 0.29) is 0 Å². The van der Waals surface area contributed by atoms with Gasteiger partial charge in [-0.05, 0) is 0 Å². The van der Waals surface area contributed by atoms with Gasteiger partial charge in [-0.25, -0.2) is 0 Å². The van der Waals surface area contributed by atoms with Crippen LogP contribution in [0.3, 0.4) is 0 Å². The van der Waals surface area contributed by atoms with Crippen molar-refractivity contribution in [2.45, 2.75) is 0 Å². The molecule has 0 unspecified atom stereocenters. The maximum absolute atomic E-state index is 10.2. The smallest absolute Gasteiger partial charge is 0.268 e. The van der Waals surface area contributed by atoms with E-state index in [1.54, 1.807) is 0 Å². The lowest BCUT2D eigenvalue weighted by molar-refractivity contribution is 0.392. The normalized spacial score (nSPS) is 10.6. The molecule has 0 bridgehead atoms. The summed E-state index contributed by atoms with van der Waals surface area (Å²) in [5.41, 5.74) is 0. The number of hydrogen-bond acceptors (Lipinski definition) is 3. The molecule has 0 rings (SSSR count). The van der Waals surface area contributed by atoms with E-state index in [1.165, 1.54) is 0 Å². The Morgan fingerprint density at radius 3 is 2.38 bits per heavy atom. The largest absolute Gasteiger partial charge is 0.359 e. The summed E-state index contributed by atoms with van der Waals surface area (Å²) in [6.45, 7) is 3.12. The lowest BCUT2D eigenvalue weighted by Gasteiger charge is -1.95. The molecule has 0 saturated heterocycles. The molecule has 0 aromatic carbocycles. The zero-order valence-electron chi connectivity index (χ0n) is 4.42. The Bertz CT molecular complexity index is 159. The summed E-state index contributed by atoms with van der Waals surface area (Å²) in [4.78, 5) is 0. The molecule has 0 aliphatic rings. The standard InChI is InChI=1S/C3H7NO3S/c1-3-4-8(5,6)7-2/h3-4H,1H2,2H3. The van der Waals surface area contributed by atoms with Crippen LogP contribution in [0.25, 0.3) is 0 Å². The van der Waals surface area contributed by atoms with Crippen LogP contribution in [-0.2, 0) is 14.5 Å². The summed E-state index contributed by atoms with van der Waals surface area (Å²) < 4.78 is 26.2. The van der Waals surface area contributed by atoms with E-state index < -0.39 is 10.3 Å². The highest BCUT2D eigenvalue weighted by atomic mass is 32.2. The van der Waals surface area contributed by atoms with Crippen LogP contribution >= 0.6 is 0 Å². The third-order valence-electron chi connectivity index (χ3n) is 0.447. The second-order valence-electron chi connectivity index (χ2n) is 0.943. The van der Waals surface area contributed by atoms with Gasteiger partial charge in [0.2, 0.25) is 0 Å². The van der Waals surface area contributed by atoms with E-state index in [1.807, 2.05) is 4.72 Å². The van der Waals surface area contributed by atoms with Crippen molar-refractivity contribution in [1.82, 2.24) is 4.72 Å². The van der Waals surface area contributed by atoms with Crippen molar-refractivity contribution in [2.75, 3.05) is 7.11 Å². The minimum absolute atomic E-state index is 1.03. The molecule has 0 amide bonds. The van der Waals surface area contributed by atoms with Gasteiger partial charge in [0.25, 0.3) is 0 Å². The zero-order valence-corrected chi connectivity index (χ0v) is 5.23. The van der Waals surface area contributed by atoms with Crippen LogP contribution < -0.4 is 4.72 Å². The van der Waals surface area contributed by atoms with Gasteiger partial charge < -0.3 is 0 Å². The van der Waals surface area contributed by atoms with Crippen LogP contribution in [0.5, 0.6) is 0 Å². The van der Waals surface area contributed by atoms with Gasteiger partial charge in [-0.3, -0.25) is 8.91 Å². The second kappa shape index (κ2) is 2.68. The summed E-state index contributed by atoms with van der Waals surface area (Å²) in [5, 5.41) is 0. The van der Waals surface area contributed by atoms with Gasteiger partial charge in [0.1, 0.15) is 0 Å². The summed E-state index contributed by atoms with van der Waals surface area (Å²) >= 11 is 0. The van der Waals surface area contributed by atoms with Gasteiger partial charge in [-0.1, -0.05) is 6.58 Å². The molecule has 0 saturated carbocycles. The molecule has 0 aliphatic heterocycles. The van der Waals surface area contributed by atoms with Gasteiger partial charge in [0.15, 0.2) is 0 Å². The highest BCUT2D eigenvalue weighted by molar-refractivity contribution is 7.84. The molecular formula is C3H7NO3S. The van der Waals surface area contributed by atoms with Crippen LogP contribution in [0, 0.1) is 0 Å². The molecule has 0 aromatic rings. The molecule has 4 nitrogen and oxygen atoms in total. The Kier molecular flexibility index (Phi) is 2.50. The Balaban J connectivity index is 3.94. The van der Waals surface area contributed by atoms with Gasteiger partial charge in [0.05, 0.1) is 7.11 Å². The molecule has 48 valence electrons. The van der Waals surface area contributed by atoms with Crippen LogP contribution in [0.1, 0.15) is 0 Å². The van der Waals surface area contributed by atoms with E-state index in [4.69, 9.17) is 0 Å². The molecule has 1 N–H and O–H groups in total. The van der Waals surface area contributed by atoms with Crippen molar-refractivity contribution in [3.8, 4) is 0 Å². The lowest BCUT2D eigenvalue weighted by Crippen LogP contribution is -2.17. The lowest BCUT2D eigenvalue weighted by atomic mass is 11.1. The Labute approximate surface area is 48.4 Å². The molecule has 8 heavy (non-hydrogen) atoms.